The van der Waals surface area contributed by atoms with Crippen molar-refractivity contribution in [2.45, 2.75) is 32.8 Å². The second kappa shape index (κ2) is 3.95. The predicted octanol–water partition coefficient (Wildman–Crippen LogP) is 2.72. The van der Waals surface area contributed by atoms with Crippen molar-refractivity contribution in [3.63, 3.8) is 0 Å². The fourth-order valence-corrected chi connectivity index (χ4v) is 1.02. The van der Waals surface area contributed by atoms with Gasteiger partial charge in [0.15, 0.2) is 0 Å². The van der Waals surface area contributed by atoms with E-state index < -0.39 is 5.60 Å². The molecule has 77 valence electrons. The monoisotopic (exact) mass is 197 g/mol. The molecule has 1 radical (unpaired) electrons. The van der Waals surface area contributed by atoms with Crippen molar-refractivity contribution in [1.82, 2.24) is 0 Å². The summed E-state index contributed by atoms with van der Waals surface area (Å²) in [6, 6.07) is 0. The molecule has 0 aromatic rings. The lowest BCUT2D eigenvalue weighted by Crippen LogP contribution is -2.27. The Morgan fingerprint density at radius 3 is 2.50 bits per heavy atom. The number of allylic oxidation sites excluding steroid dienone is 3. The Balaban J connectivity index is 2.53. The Bertz CT molecular complexity index is 284. The van der Waals surface area contributed by atoms with Crippen LogP contribution in [0.4, 0.5) is 4.39 Å². The number of hydrogen-bond donors (Lipinski definition) is 0. The highest BCUT2D eigenvalue weighted by atomic mass is 19.1. The van der Waals surface area contributed by atoms with Crippen LogP contribution in [0.1, 0.15) is 27.2 Å². The van der Waals surface area contributed by atoms with E-state index in [4.69, 9.17) is 4.74 Å². The van der Waals surface area contributed by atoms with E-state index in [0.29, 0.717) is 12.3 Å². The second-order valence-corrected chi connectivity index (χ2v) is 4.15. The van der Waals surface area contributed by atoms with Crippen LogP contribution in [0.2, 0.25) is 0 Å². The molecule has 14 heavy (non-hydrogen) atoms. The number of carbonyl (C=O) groups excluding carboxylic acids is 1. The van der Waals surface area contributed by atoms with Gasteiger partial charge in [-0.1, -0.05) is 6.08 Å². The van der Waals surface area contributed by atoms with Gasteiger partial charge in [0.25, 0.3) is 0 Å². The summed E-state index contributed by atoms with van der Waals surface area (Å²) in [5, 5.41) is 0. The number of esters is 1. The van der Waals surface area contributed by atoms with Crippen LogP contribution in [0.3, 0.4) is 0 Å². The van der Waals surface area contributed by atoms with Gasteiger partial charge in [-0.25, -0.2) is 4.39 Å². The minimum Gasteiger partial charge on any atom is -0.459 e. The van der Waals surface area contributed by atoms with Crippen LogP contribution in [-0.4, -0.2) is 11.6 Å². The quantitative estimate of drug-likeness (QED) is 0.604. The minimum absolute atomic E-state index is 0.303. The van der Waals surface area contributed by atoms with Gasteiger partial charge in [-0.05, 0) is 39.3 Å². The van der Waals surface area contributed by atoms with E-state index in [0.717, 1.165) is 0 Å². The van der Waals surface area contributed by atoms with Crippen molar-refractivity contribution >= 4 is 5.97 Å². The maximum absolute atomic E-state index is 12.6. The first kappa shape index (κ1) is 11.0. The van der Waals surface area contributed by atoms with Crippen molar-refractivity contribution < 1.29 is 13.9 Å². The fourth-order valence-electron chi connectivity index (χ4n) is 1.02. The van der Waals surface area contributed by atoms with Crippen LogP contribution in [-0.2, 0) is 9.53 Å². The van der Waals surface area contributed by atoms with Gasteiger partial charge in [0.2, 0.25) is 0 Å². The SMILES string of the molecule is CC(C)(C)OC(=O)[C]1C=CC(F)=CC1. The zero-order valence-electron chi connectivity index (χ0n) is 8.63. The molecule has 0 saturated carbocycles. The van der Waals surface area contributed by atoms with Gasteiger partial charge >= 0.3 is 5.97 Å². The summed E-state index contributed by atoms with van der Waals surface area (Å²) in [4.78, 5) is 11.5. The summed E-state index contributed by atoms with van der Waals surface area (Å²) in [6.07, 6.45) is 4.39. The van der Waals surface area contributed by atoms with Crippen molar-refractivity contribution in [3.8, 4) is 0 Å². The highest BCUT2D eigenvalue weighted by Crippen LogP contribution is 2.22. The van der Waals surface area contributed by atoms with Gasteiger partial charge in [0.05, 0.1) is 0 Å². The average Bonchev–Trinajstić information content (AvgIpc) is 2.02. The summed E-state index contributed by atoms with van der Waals surface area (Å²) in [5.74, 6) is -0.198. The molecule has 0 fully saturated rings. The molecule has 1 rings (SSSR count). The molecule has 0 aromatic carbocycles. The first-order valence-corrected chi connectivity index (χ1v) is 4.51. The van der Waals surface area contributed by atoms with E-state index in [9.17, 15) is 9.18 Å². The first-order chi connectivity index (χ1) is 6.38. The molecule has 0 aliphatic heterocycles. The highest BCUT2D eigenvalue weighted by Gasteiger charge is 2.24. The van der Waals surface area contributed by atoms with Crippen molar-refractivity contribution in [2.24, 2.45) is 0 Å². The van der Waals surface area contributed by atoms with Gasteiger partial charge in [0, 0.05) is 0 Å². The first-order valence-electron chi connectivity index (χ1n) is 4.51. The smallest absolute Gasteiger partial charge is 0.318 e. The maximum Gasteiger partial charge on any atom is 0.318 e. The summed E-state index contributed by atoms with van der Waals surface area (Å²) in [6.45, 7) is 5.40. The Morgan fingerprint density at radius 1 is 1.43 bits per heavy atom. The van der Waals surface area contributed by atoms with Gasteiger partial charge in [0.1, 0.15) is 17.3 Å². The Labute approximate surface area is 83.4 Å². The summed E-state index contributed by atoms with van der Waals surface area (Å²) < 4.78 is 17.7. The lowest BCUT2D eigenvalue weighted by Gasteiger charge is -2.22. The molecule has 1 aliphatic rings. The standard InChI is InChI=1S/C11H14FO2/c1-11(2,3)14-10(13)8-4-6-9(12)7-5-8/h4,6-7H,5H2,1-3H3. The van der Waals surface area contributed by atoms with Crippen LogP contribution in [0.5, 0.6) is 0 Å². The third-order valence-electron chi connectivity index (χ3n) is 1.62. The molecule has 0 saturated heterocycles. The Kier molecular flexibility index (Phi) is 3.09. The van der Waals surface area contributed by atoms with Gasteiger partial charge in [-0.3, -0.25) is 4.79 Å². The number of halogens is 1. The molecule has 0 amide bonds. The van der Waals surface area contributed by atoms with Crippen LogP contribution in [0.25, 0.3) is 0 Å². The molecule has 1 aliphatic carbocycles. The van der Waals surface area contributed by atoms with E-state index in [-0.39, 0.29) is 11.8 Å². The molecular weight excluding hydrogens is 183 g/mol. The second-order valence-electron chi connectivity index (χ2n) is 4.15. The van der Waals surface area contributed by atoms with E-state index in [1.165, 1.54) is 18.2 Å². The van der Waals surface area contributed by atoms with E-state index in [1.54, 1.807) is 20.8 Å². The van der Waals surface area contributed by atoms with E-state index in [1.807, 2.05) is 0 Å². The number of hydrogen-bond acceptors (Lipinski definition) is 2. The highest BCUT2D eigenvalue weighted by molar-refractivity contribution is 5.88. The van der Waals surface area contributed by atoms with Crippen molar-refractivity contribution in [2.75, 3.05) is 0 Å². The molecule has 0 unspecified atom stereocenters. The summed E-state index contributed by atoms with van der Waals surface area (Å²) in [7, 11) is 0. The van der Waals surface area contributed by atoms with Crippen LogP contribution in [0, 0.1) is 5.92 Å². The molecule has 0 atom stereocenters. The van der Waals surface area contributed by atoms with Gasteiger partial charge in [-0.15, -0.1) is 0 Å². The number of rotatable bonds is 1. The number of carbonyl (C=O) groups is 1. The fraction of sp³-hybridized carbons (Fsp3) is 0.455. The molecule has 0 bridgehead atoms. The molecule has 0 N–H and O–H groups in total. The van der Waals surface area contributed by atoms with Gasteiger partial charge < -0.3 is 4.74 Å². The molecule has 2 nitrogen and oxygen atoms in total. The summed E-state index contributed by atoms with van der Waals surface area (Å²) >= 11 is 0. The number of ether oxygens (including phenoxy) is 1. The van der Waals surface area contributed by atoms with E-state index >= 15 is 0 Å². The third-order valence-corrected chi connectivity index (χ3v) is 1.62. The lowest BCUT2D eigenvalue weighted by atomic mass is 10.0. The largest absolute Gasteiger partial charge is 0.459 e. The molecular formula is C11H14FO2. The molecule has 0 spiro atoms. The van der Waals surface area contributed by atoms with Crippen LogP contribution < -0.4 is 0 Å². The normalized spacial score (nSPS) is 17.9. The average molecular weight is 197 g/mol. The minimum atomic E-state index is -0.502. The lowest BCUT2D eigenvalue weighted by molar-refractivity contribution is -0.151. The Morgan fingerprint density at radius 2 is 2.07 bits per heavy atom. The topological polar surface area (TPSA) is 26.3 Å². The predicted molar refractivity (Wildman–Crippen MR) is 52.0 cm³/mol. The molecule has 0 heterocycles. The molecule has 3 heteroatoms. The maximum atomic E-state index is 12.6. The van der Waals surface area contributed by atoms with Crippen LogP contribution in [0.15, 0.2) is 24.1 Å². The Hall–Kier alpha value is -1.12. The zero-order valence-corrected chi connectivity index (χ0v) is 8.63. The van der Waals surface area contributed by atoms with Gasteiger partial charge in [-0.2, -0.15) is 0 Å². The van der Waals surface area contributed by atoms with Crippen molar-refractivity contribution in [3.05, 3.63) is 30.0 Å². The molecule has 0 aromatic heterocycles. The van der Waals surface area contributed by atoms with Crippen molar-refractivity contribution in [1.29, 1.82) is 0 Å². The zero-order chi connectivity index (χ0) is 10.8. The summed E-state index contributed by atoms with van der Waals surface area (Å²) in [5.41, 5.74) is -0.502. The third kappa shape index (κ3) is 3.32. The van der Waals surface area contributed by atoms with E-state index in [2.05, 4.69) is 0 Å². The van der Waals surface area contributed by atoms with Crippen LogP contribution >= 0.6 is 0 Å².